The lowest BCUT2D eigenvalue weighted by Gasteiger charge is -2.39. The first-order chi connectivity index (χ1) is 66.0. The molecule has 12 aromatic rings. The van der Waals surface area contributed by atoms with Gasteiger partial charge in [-0.15, -0.1) is 15.3 Å². The number of hydrogen-bond acceptors (Lipinski definition) is 31. The zero-order valence-electron chi connectivity index (χ0n) is 74.8. The number of amides is 3. The molecular weight excluding hydrogens is 1800 g/mol. The van der Waals surface area contributed by atoms with Gasteiger partial charge in [-0.25, -0.2) is 14.0 Å². The number of hydrogen-bond donors (Lipinski definition) is 4. The van der Waals surface area contributed by atoms with E-state index in [-0.39, 0.29) is 86.9 Å². The van der Waals surface area contributed by atoms with Gasteiger partial charge in [-0.1, -0.05) is 86.9 Å². The van der Waals surface area contributed by atoms with Crippen molar-refractivity contribution in [1.82, 2.24) is 60.9 Å². The number of ether oxygens (including phenoxy) is 18. The number of nitrogens with one attached hydrogen (secondary N) is 3. The number of aromatic nitrogens is 9. The van der Waals surface area contributed by atoms with Gasteiger partial charge < -0.3 is 106 Å². The second-order valence-electron chi connectivity index (χ2n) is 33.4. The molecule has 6 aliphatic heterocycles. The summed E-state index contributed by atoms with van der Waals surface area (Å²) in [7, 11) is 13.8. The number of fused-ring (bicyclic) bond motifs is 9. The van der Waals surface area contributed by atoms with Crippen molar-refractivity contribution in [1.29, 1.82) is 0 Å². The van der Waals surface area contributed by atoms with Crippen molar-refractivity contribution in [3.63, 3.8) is 0 Å². The molecule has 21 rings (SSSR count). The van der Waals surface area contributed by atoms with Crippen LogP contribution in [-0.2, 0) is 48.2 Å². The van der Waals surface area contributed by atoms with Gasteiger partial charge in [0.25, 0.3) is 17.7 Å². The Balaban J connectivity index is 0.000000131. The van der Waals surface area contributed by atoms with Gasteiger partial charge in [0, 0.05) is 35.5 Å². The third-order valence-corrected chi connectivity index (χ3v) is 26.7. The maximum Gasteiger partial charge on any atom is 0.310 e. The Kier molecular flexibility index (Phi) is 24.8. The highest BCUT2D eigenvalue weighted by molar-refractivity contribution is 6.42. The number of rotatable bonds is 24. The molecule has 3 saturated heterocycles. The number of halogens is 2. The Hall–Kier alpha value is -15.4. The van der Waals surface area contributed by atoms with Gasteiger partial charge in [0.15, 0.2) is 86.1 Å². The van der Waals surface area contributed by atoms with Crippen LogP contribution in [0.15, 0.2) is 158 Å². The summed E-state index contributed by atoms with van der Waals surface area (Å²) in [6.45, 7) is 3.72. The Morgan fingerprint density at radius 1 is 0.360 bits per heavy atom. The summed E-state index contributed by atoms with van der Waals surface area (Å²) in [5, 5.41) is 44.5. The maximum atomic E-state index is 13.7. The van der Waals surface area contributed by atoms with Crippen LogP contribution in [0.25, 0.3) is 0 Å². The first-order valence-electron chi connectivity index (χ1n) is 43.2. The van der Waals surface area contributed by atoms with E-state index in [9.17, 15) is 33.9 Å². The van der Waals surface area contributed by atoms with E-state index in [1.54, 1.807) is 78.6 Å². The molecule has 702 valence electrons. The number of carbonyl (C=O) groups is 6. The van der Waals surface area contributed by atoms with Crippen LogP contribution in [0, 0.1) is 42.4 Å². The van der Waals surface area contributed by atoms with Gasteiger partial charge in [-0.2, -0.15) is 0 Å². The zero-order chi connectivity index (χ0) is 94.6. The highest BCUT2D eigenvalue weighted by atomic mass is 35.5. The molecule has 0 bridgehead atoms. The Bertz CT molecular complexity index is 6350. The van der Waals surface area contributed by atoms with Gasteiger partial charge >= 0.3 is 17.9 Å². The number of methoxy groups -OCH3 is 9. The number of esters is 3. The SMILES string of the molecule is COc1cc([C@@H]2c3cc4c(cc3[C@@H](NC(=O)c3cn(Cc5ccc(C)cc5)nn3)[C@H]3COC(=O)[C@H]23)OCO4)cc(OC)c1OC.COc1cc([C@@H]2c3cc4c(cc3[C@@H](NC(=O)c3cn(Cc5ccc(Cl)c(Cl)c5)nn3)[C@H]3COC(=O)[C@H]23)OCO4)cc(OC)c1OC.COc1cc([C@@H]2c3cc4c(cc3[C@@H](NC(=O)c3cn(Cc5ccc(O)cc5)nn3)[C@H]3COC(=O)[C@H]23)OCO4)cc(OC)c1OC. The molecule has 12 atom stereocenters. The molecule has 4 N–H and O–H groups in total. The molecule has 0 saturated carbocycles. The number of nitrogens with zero attached hydrogens (tertiary/aromatic N) is 9. The van der Waals surface area contributed by atoms with E-state index in [0.717, 1.165) is 72.3 Å². The van der Waals surface area contributed by atoms with Crippen LogP contribution in [-0.4, -0.2) is 190 Å². The Labute approximate surface area is 786 Å². The fraction of sp³-hybridized carbons (Fsp3) is 0.320. The monoisotopic (exact) mass is 1890 g/mol. The van der Waals surface area contributed by atoms with Gasteiger partial charge in [0.1, 0.15) is 5.75 Å². The second kappa shape index (κ2) is 37.6. The molecule has 0 spiro atoms. The summed E-state index contributed by atoms with van der Waals surface area (Å²) < 4.78 is 106. The molecule has 3 aliphatic carbocycles. The lowest BCUT2D eigenvalue weighted by Crippen LogP contribution is -2.43. The van der Waals surface area contributed by atoms with Crippen molar-refractivity contribution in [3.05, 3.63) is 258 Å². The van der Waals surface area contributed by atoms with Crippen molar-refractivity contribution in [3.8, 4) is 92.0 Å². The van der Waals surface area contributed by atoms with Gasteiger partial charge in [-0.05, 0) is 171 Å². The number of aromatic hydroxyl groups is 1. The lowest BCUT2D eigenvalue weighted by molar-refractivity contribution is -0.142. The quantitative estimate of drug-likeness (QED) is 0.0322. The average Bonchev–Trinajstić information content (AvgIpc) is 1.70. The van der Waals surface area contributed by atoms with E-state index in [1.807, 2.05) is 110 Å². The molecule has 0 unspecified atom stereocenters. The van der Waals surface area contributed by atoms with Crippen LogP contribution in [0.4, 0.5) is 0 Å². The second-order valence-corrected chi connectivity index (χ2v) is 34.2. The van der Waals surface area contributed by atoms with Crippen LogP contribution in [0.2, 0.25) is 10.0 Å². The normalized spacial score (nSPS) is 21.0. The molecule has 3 amide bonds. The average molecular weight is 1890 g/mol. The van der Waals surface area contributed by atoms with E-state index < -0.39 is 83.2 Å². The third-order valence-electron chi connectivity index (χ3n) is 25.9. The van der Waals surface area contributed by atoms with Gasteiger partial charge in [0.05, 0.1) is 168 Å². The number of phenolic OH excluding ortho intramolecular Hbond substituents is 1. The third kappa shape index (κ3) is 16.9. The fourth-order valence-corrected chi connectivity index (χ4v) is 20.0. The summed E-state index contributed by atoms with van der Waals surface area (Å²) in [6.07, 6.45) is 4.72. The predicted molar refractivity (Wildman–Crippen MR) is 479 cm³/mol. The van der Waals surface area contributed by atoms with Crippen LogP contribution in [0.3, 0.4) is 0 Å². The molecule has 3 fully saturated rings. The van der Waals surface area contributed by atoms with Crippen molar-refractivity contribution < 1.29 is 119 Å². The summed E-state index contributed by atoms with van der Waals surface area (Å²) in [5.41, 5.74) is 11.2. The van der Waals surface area contributed by atoms with Crippen LogP contribution >= 0.6 is 23.2 Å². The van der Waals surface area contributed by atoms with Gasteiger partial charge in [0.2, 0.25) is 37.6 Å². The molecule has 39 heteroatoms. The number of cyclic esters (lactones) is 3. The van der Waals surface area contributed by atoms with E-state index >= 15 is 0 Å². The molecule has 9 aliphatic rings. The summed E-state index contributed by atoms with van der Waals surface area (Å²) in [6, 6.07) is 40.4. The van der Waals surface area contributed by atoms with E-state index in [0.29, 0.717) is 116 Å². The number of carbonyl (C=O) groups excluding carboxylic acids is 6. The Morgan fingerprint density at radius 3 is 0.926 bits per heavy atom. The largest absolute Gasteiger partial charge is 0.508 e. The van der Waals surface area contributed by atoms with E-state index in [1.165, 1.54) is 54.5 Å². The van der Waals surface area contributed by atoms with Crippen LogP contribution in [0.5, 0.6) is 92.0 Å². The first kappa shape index (κ1) is 89.8. The smallest absolute Gasteiger partial charge is 0.310 e. The highest BCUT2D eigenvalue weighted by Gasteiger charge is 2.57. The topological polar surface area (TPSA) is 417 Å². The minimum Gasteiger partial charge on any atom is -0.508 e. The maximum absolute atomic E-state index is 13.7. The Morgan fingerprint density at radius 2 is 0.640 bits per heavy atom. The van der Waals surface area contributed by atoms with Crippen molar-refractivity contribution in [2.45, 2.75) is 62.4 Å². The summed E-state index contributed by atoms with van der Waals surface area (Å²) in [4.78, 5) is 81.4. The summed E-state index contributed by atoms with van der Waals surface area (Å²) >= 11 is 12.2. The lowest BCUT2D eigenvalue weighted by atomic mass is 9.65. The molecule has 9 heterocycles. The first-order valence-corrected chi connectivity index (χ1v) is 43.9. The fourth-order valence-electron chi connectivity index (χ4n) is 19.7. The zero-order valence-corrected chi connectivity index (χ0v) is 76.3. The van der Waals surface area contributed by atoms with Gasteiger partial charge in [-0.3, -0.25) is 28.8 Å². The summed E-state index contributed by atoms with van der Waals surface area (Å²) in [5.74, 6) is 0.442. The predicted octanol–water partition coefficient (Wildman–Crippen LogP) is 11.8. The molecule has 9 aromatic carbocycles. The molecule has 3 aromatic heterocycles. The van der Waals surface area contributed by atoms with Crippen molar-refractivity contribution in [2.75, 3.05) is 104 Å². The molecule has 136 heavy (non-hydrogen) atoms. The standard InChI is InChI=1S/C33H32N4O8.C32H28Cl2N4O8.C32H30N4O9/c1-17-5-7-18(8-6-17)13-37-14-23(35-36-37)32(38)34-30-21-12-25-24(44-16-45-25)11-20(21)28(29-22(30)15-43-33(29)39)19-9-26(40-2)31(42-4)27(10-19)41-3;1-41-25-7-16(8-26(42-2)30(25)43-3)27-17-9-23-24(46-14-45-23)10-18(17)29(19-13-44-32(40)28(19)27)35-31(39)22-12-38(37-36-22)11-15-4-5-20(33)21(34)6-15;1-40-25-8-17(9-26(41-2)30(25)42-3)27-19-10-23-24(45-15-44-23)11-20(19)29(21-14-43-32(39)28(21)27)33-31(38)22-13-36(35-34-22)12-16-4-6-18(37)7-5-16/h5-12,14,22,28-30H,13,15-16H2,1-4H3,(H,34,38);4-10,12,19,27-29H,11,13-14H2,1-3H3,(H,35,39);4-11,13,21,27-29,37H,12,14-15H2,1-3H3,(H,33,38)/t22-,28+,29-,30+;19-,27+,28-,29+;21-,27+,28-,29+/m000/s1. The van der Waals surface area contributed by atoms with Crippen LogP contribution < -0.4 is 87.0 Å². The number of benzene rings is 9. The highest BCUT2D eigenvalue weighted by Crippen LogP contribution is 2.60. The van der Waals surface area contributed by atoms with E-state index in [4.69, 9.17) is 108 Å². The minimum absolute atomic E-state index is 0.0565. The molecular formula is C97H90Cl2N12O25. The van der Waals surface area contributed by atoms with E-state index in [2.05, 4.69) is 46.9 Å². The molecule has 37 nitrogen and oxygen atoms in total. The van der Waals surface area contributed by atoms with Crippen LogP contribution in [0.1, 0.15) is 140 Å². The number of aryl methyl sites for hydroxylation is 1. The van der Waals surface area contributed by atoms with Crippen molar-refractivity contribution in [2.24, 2.45) is 35.5 Å². The molecule has 0 radical (unpaired) electrons. The minimum atomic E-state index is -0.647. The number of phenols is 1. The van der Waals surface area contributed by atoms with Crippen molar-refractivity contribution >= 4 is 58.8 Å².